The average molecular weight is 328 g/mol. The summed E-state index contributed by atoms with van der Waals surface area (Å²) in [4.78, 5) is 27.0. The number of hydrogen-bond acceptors (Lipinski definition) is 4. The lowest BCUT2D eigenvalue weighted by atomic mass is 10.1. The second-order valence-electron chi connectivity index (χ2n) is 4.76. The predicted molar refractivity (Wildman–Crippen MR) is 91.7 cm³/mol. The molecular formula is C16H12N2O2S2. The minimum absolute atomic E-state index is 0.0861. The van der Waals surface area contributed by atoms with E-state index in [4.69, 9.17) is 12.2 Å². The Morgan fingerprint density at radius 1 is 1.18 bits per heavy atom. The van der Waals surface area contributed by atoms with Crippen LogP contribution in [-0.2, 0) is 9.59 Å². The van der Waals surface area contributed by atoms with Crippen molar-refractivity contribution in [1.82, 2.24) is 5.32 Å². The van der Waals surface area contributed by atoms with Crippen LogP contribution < -0.4 is 10.2 Å². The van der Waals surface area contributed by atoms with Crippen molar-refractivity contribution in [2.75, 3.05) is 4.90 Å². The van der Waals surface area contributed by atoms with Crippen LogP contribution in [0.4, 0.5) is 5.69 Å². The Hall–Kier alpha value is -2.31. The van der Waals surface area contributed by atoms with Crippen molar-refractivity contribution in [3.05, 3.63) is 57.8 Å². The molecule has 2 amide bonds. The summed E-state index contributed by atoms with van der Waals surface area (Å²) in [5.41, 5.74) is 1.74. The van der Waals surface area contributed by atoms with Crippen LogP contribution in [0.25, 0.3) is 6.08 Å². The molecule has 0 aliphatic carbocycles. The molecule has 3 rings (SSSR count). The number of thiophene rings is 1. The van der Waals surface area contributed by atoms with Gasteiger partial charge in [0.15, 0.2) is 5.11 Å². The number of nitrogens with one attached hydrogen (secondary N) is 1. The maximum Gasteiger partial charge on any atom is 0.270 e. The van der Waals surface area contributed by atoms with Crippen molar-refractivity contribution in [1.29, 1.82) is 0 Å². The summed E-state index contributed by atoms with van der Waals surface area (Å²) in [6.45, 7) is 1.94. The van der Waals surface area contributed by atoms with Gasteiger partial charge >= 0.3 is 0 Å². The molecule has 0 radical (unpaired) electrons. The number of rotatable bonds is 2. The number of para-hydroxylation sites is 1. The lowest BCUT2D eigenvalue weighted by Crippen LogP contribution is -2.54. The molecule has 1 aromatic carbocycles. The molecule has 110 valence electrons. The predicted octanol–water partition coefficient (Wildman–Crippen LogP) is 2.89. The topological polar surface area (TPSA) is 49.4 Å². The normalized spacial score (nSPS) is 17.0. The zero-order valence-corrected chi connectivity index (χ0v) is 13.3. The summed E-state index contributed by atoms with van der Waals surface area (Å²) < 4.78 is 0. The molecule has 1 aliphatic rings. The number of hydrogen-bond donors (Lipinski definition) is 1. The van der Waals surface area contributed by atoms with Crippen LogP contribution in [-0.4, -0.2) is 16.9 Å². The van der Waals surface area contributed by atoms with Gasteiger partial charge in [0, 0.05) is 4.88 Å². The molecule has 22 heavy (non-hydrogen) atoms. The van der Waals surface area contributed by atoms with Crippen LogP contribution in [0.5, 0.6) is 0 Å². The second-order valence-corrected chi connectivity index (χ2v) is 6.10. The van der Waals surface area contributed by atoms with E-state index in [1.165, 1.54) is 16.2 Å². The first kappa shape index (κ1) is 14.6. The van der Waals surface area contributed by atoms with Crippen LogP contribution in [0.15, 0.2) is 47.4 Å². The van der Waals surface area contributed by atoms with Crippen molar-refractivity contribution in [3.63, 3.8) is 0 Å². The van der Waals surface area contributed by atoms with Crippen LogP contribution in [0.2, 0.25) is 0 Å². The van der Waals surface area contributed by atoms with Crippen LogP contribution in [0.3, 0.4) is 0 Å². The van der Waals surface area contributed by atoms with Crippen molar-refractivity contribution < 1.29 is 9.59 Å². The van der Waals surface area contributed by atoms with Gasteiger partial charge in [0.25, 0.3) is 11.8 Å². The van der Waals surface area contributed by atoms with Gasteiger partial charge in [-0.05, 0) is 54.4 Å². The molecular weight excluding hydrogens is 316 g/mol. The van der Waals surface area contributed by atoms with E-state index in [9.17, 15) is 9.59 Å². The molecule has 1 aliphatic heterocycles. The Balaban J connectivity index is 2.03. The van der Waals surface area contributed by atoms with Crippen LogP contribution >= 0.6 is 23.6 Å². The molecule has 1 saturated heterocycles. The molecule has 2 heterocycles. The van der Waals surface area contributed by atoms with Gasteiger partial charge in [-0.1, -0.05) is 18.2 Å². The SMILES string of the molecule is Cc1ccsc1/C=C1\C(=O)NC(=S)N(c2ccccc2)C1=O. The molecule has 2 aromatic rings. The summed E-state index contributed by atoms with van der Waals surface area (Å²) in [6.07, 6.45) is 1.62. The highest BCUT2D eigenvalue weighted by atomic mass is 32.1. The van der Waals surface area contributed by atoms with E-state index in [1.54, 1.807) is 18.2 Å². The molecule has 4 nitrogen and oxygen atoms in total. The number of amides is 2. The maximum absolute atomic E-state index is 12.7. The number of carbonyl (C=O) groups is 2. The van der Waals surface area contributed by atoms with Crippen LogP contribution in [0, 0.1) is 6.92 Å². The molecule has 0 unspecified atom stereocenters. The van der Waals surface area contributed by atoms with Gasteiger partial charge in [0.1, 0.15) is 5.57 Å². The molecule has 0 atom stereocenters. The quantitative estimate of drug-likeness (QED) is 0.524. The van der Waals surface area contributed by atoms with Gasteiger partial charge in [-0.3, -0.25) is 19.8 Å². The second kappa shape index (κ2) is 5.82. The number of anilines is 1. The van der Waals surface area contributed by atoms with E-state index in [-0.39, 0.29) is 10.7 Å². The Morgan fingerprint density at radius 2 is 1.91 bits per heavy atom. The van der Waals surface area contributed by atoms with Gasteiger partial charge in [-0.25, -0.2) is 0 Å². The molecule has 1 fully saturated rings. The standard InChI is InChI=1S/C16H12N2O2S2/c1-10-7-8-22-13(10)9-12-14(19)17-16(21)18(15(12)20)11-5-3-2-4-6-11/h2-9H,1H3,(H,17,19,21)/b12-9+. The Bertz CT molecular complexity index is 793. The highest BCUT2D eigenvalue weighted by Crippen LogP contribution is 2.24. The smallest absolute Gasteiger partial charge is 0.270 e. The van der Waals surface area contributed by atoms with E-state index >= 15 is 0 Å². The third-order valence-corrected chi connectivity index (χ3v) is 4.54. The largest absolute Gasteiger partial charge is 0.298 e. The fraction of sp³-hybridized carbons (Fsp3) is 0.0625. The third kappa shape index (κ3) is 2.58. The first-order valence-corrected chi connectivity index (χ1v) is 7.87. The first-order valence-electron chi connectivity index (χ1n) is 6.58. The lowest BCUT2D eigenvalue weighted by molar-refractivity contribution is -0.122. The number of benzene rings is 1. The molecule has 1 N–H and O–H groups in total. The summed E-state index contributed by atoms with van der Waals surface area (Å²) in [5, 5.41) is 4.60. The monoisotopic (exact) mass is 328 g/mol. The van der Waals surface area contributed by atoms with Crippen molar-refractivity contribution in [2.45, 2.75) is 6.92 Å². The van der Waals surface area contributed by atoms with Crippen molar-refractivity contribution >= 4 is 52.2 Å². The molecule has 0 saturated carbocycles. The molecule has 0 bridgehead atoms. The van der Waals surface area contributed by atoms with Crippen molar-refractivity contribution in [2.24, 2.45) is 0 Å². The third-order valence-electron chi connectivity index (χ3n) is 3.29. The molecule has 0 spiro atoms. The maximum atomic E-state index is 12.7. The zero-order valence-electron chi connectivity index (χ0n) is 11.7. The Kier molecular flexibility index (Phi) is 3.87. The van der Waals surface area contributed by atoms with Gasteiger partial charge in [0.2, 0.25) is 0 Å². The zero-order chi connectivity index (χ0) is 15.7. The van der Waals surface area contributed by atoms with Crippen molar-refractivity contribution in [3.8, 4) is 0 Å². The Labute approximate surface area is 137 Å². The number of nitrogens with zero attached hydrogens (tertiary/aromatic N) is 1. The van der Waals surface area contributed by atoms with Crippen LogP contribution in [0.1, 0.15) is 10.4 Å². The lowest BCUT2D eigenvalue weighted by Gasteiger charge is -2.28. The minimum atomic E-state index is -0.463. The van der Waals surface area contributed by atoms with E-state index in [1.807, 2.05) is 36.6 Å². The number of thiocarbonyl (C=S) groups is 1. The summed E-state index contributed by atoms with van der Waals surface area (Å²) in [5.74, 6) is -0.872. The van der Waals surface area contributed by atoms with E-state index < -0.39 is 11.8 Å². The summed E-state index contributed by atoms with van der Waals surface area (Å²) >= 11 is 6.62. The molecule has 1 aromatic heterocycles. The summed E-state index contributed by atoms with van der Waals surface area (Å²) in [6, 6.07) is 11.0. The first-order chi connectivity index (χ1) is 10.6. The number of carbonyl (C=O) groups excluding carboxylic acids is 2. The average Bonchev–Trinajstić information content (AvgIpc) is 2.89. The van der Waals surface area contributed by atoms with Gasteiger partial charge in [-0.15, -0.1) is 11.3 Å². The Morgan fingerprint density at radius 3 is 2.55 bits per heavy atom. The highest BCUT2D eigenvalue weighted by Gasteiger charge is 2.34. The fourth-order valence-corrected chi connectivity index (χ4v) is 3.27. The van der Waals surface area contributed by atoms with Gasteiger partial charge < -0.3 is 0 Å². The van der Waals surface area contributed by atoms with E-state index in [0.29, 0.717) is 5.69 Å². The van der Waals surface area contributed by atoms with E-state index in [0.717, 1.165) is 10.4 Å². The fourth-order valence-electron chi connectivity index (χ4n) is 2.13. The van der Waals surface area contributed by atoms with Gasteiger partial charge in [-0.2, -0.15) is 0 Å². The van der Waals surface area contributed by atoms with Gasteiger partial charge in [0.05, 0.1) is 5.69 Å². The minimum Gasteiger partial charge on any atom is -0.298 e. The van der Waals surface area contributed by atoms with E-state index in [2.05, 4.69) is 5.32 Å². The summed E-state index contributed by atoms with van der Waals surface area (Å²) in [7, 11) is 0. The number of aryl methyl sites for hydroxylation is 1. The molecule has 6 heteroatoms. The highest BCUT2D eigenvalue weighted by molar-refractivity contribution is 7.80.